The molecule has 0 heteroatoms. The van der Waals surface area contributed by atoms with Crippen molar-refractivity contribution in [3.05, 3.63) is 11.6 Å². The first-order valence-electron chi connectivity index (χ1n) is 6.30. The Hall–Kier alpha value is -0.260. The molecular weight excluding hydrogens is 168 g/mol. The monoisotopic (exact) mass is 194 g/mol. The molecule has 0 spiro atoms. The Kier molecular flexibility index (Phi) is 4.71. The van der Waals surface area contributed by atoms with Gasteiger partial charge in [0.15, 0.2) is 0 Å². The van der Waals surface area contributed by atoms with Gasteiger partial charge in [0.05, 0.1) is 0 Å². The Morgan fingerprint density at radius 1 is 1.43 bits per heavy atom. The molecule has 0 aromatic rings. The zero-order valence-corrected chi connectivity index (χ0v) is 10.3. The summed E-state index contributed by atoms with van der Waals surface area (Å²) in [4.78, 5) is 0. The molecule has 0 saturated carbocycles. The van der Waals surface area contributed by atoms with Gasteiger partial charge >= 0.3 is 0 Å². The van der Waals surface area contributed by atoms with E-state index in [2.05, 4.69) is 33.8 Å². The molecule has 0 fully saturated rings. The standard InChI is InChI=1S/C14H26/c1-5-7-13-10-12(4)8-6-9-14(13)11(2)3/h8,11,13-14H,5-7,9-10H2,1-4H3. The maximum Gasteiger partial charge on any atom is -0.0292 e. The van der Waals surface area contributed by atoms with Gasteiger partial charge in [-0.2, -0.15) is 0 Å². The van der Waals surface area contributed by atoms with E-state index in [0.717, 1.165) is 17.8 Å². The maximum absolute atomic E-state index is 2.46. The van der Waals surface area contributed by atoms with Crippen molar-refractivity contribution in [3.8, 4) is 0 Å². The smallest absolute Gasteiger partial charge is 0.0292 e. The summed E-state index contributed by atoms with van der Waals surface area (Å²) in [5.41, 5.74) is 1.63. The van der Waals surface area contributed by atoms with Crippen molar-refractivity contribution in [3.63, 3.8) is 0 Å². The van der Waals surface area contributed by atoms with E-state index in [1.165, 1.54) is 32.1 Å². The van der Waals surface area contributed by atoms with Crippen molar-refractivity contribution in [2.24, 2.45) is 17.8 Å². The second-order valence-corrected chi connectivity index (χ2v) is 5.29. The molecule has 0 saturated heterocycles. The van der Waals surface area contributed by atoms with Crippen LogP contribution in [0.1, 0.15) is 59.8 Å². The van der Waals surface area contributed by atoms with E-state index < -0.39 is 0 Å². The van der Waals surface area contributed by atoms with Crippen LogP contribution in [0.2, 0.25) is 0 Å². The molecule has 2 atom stereocenters. The second kappa shape index (κ2) is 5.58. The van der Waals surface area contributed by atoms with Crippen molar-refractivity contribution in [2.75, 3.05) is 0 Å². The van der Waals surface area contributed by atoms with Gasteiger partial charge in [0.2, 0.25) is 0 Å². The van der Waals surface area contributed by atoms with E-state index >= 15 is 0 Å². The molecule has 0 N–H and O–H groups in total. The summed E-state index contributed by atoms with van der Waals surface area (Å²) in [5.74, 6) is 2.79. The molecule has 14 heavy (non-hydrogen) atoms. The first-order valence-corrected chi connectivity index (χ1v) is 6.30. The van der Waals surface area contributed by atoms with Gasteiger partial charge in [-0.25, -0.2) is 0 Å². The van der Waals surface area contributed by atoms with Crippen LogP contribution in [-0.4, -0.2) is 0 Å². The molecule has 0 aromatic carbocycles. The Labute approximate surface area is 89.8 Å². The molecule has 0 aromatic heterocycles. The largest absolute Gasteiger partial charge is 0.0856 e. The minimum absolute atomic E-state index is 0.867. The van der Waals surface area contributed by atoms with Crippen LogP contribution in [-0.2, 0) is 0 Å². The zero-order chi connectivity index (χ0) is 10.6. The molecule has 0 nitrogen and oxygen atoms in total. The van der Waals surface area contributed by atoms with E-state index in [0.29, 0.717) is 0 Å². The number of rotatable bonds is 3. The van der Waals surface area contributed by atoms with Gasteiger partial charge < -0.3 is 0 Å². The van der Waals surface area contributed by atoms with E-state index in [1.54, 1.807) is 5.57 Å². The molecule has 1 rings (SSSR count). The van der Waals surface area contributed by atoms with Crippen molar-refractivity contribution in [2.45, 2.75) is 59.8 Å². The first kappa shape index (κ1) is 11.8. The summed E-state index contributed by atoms with van der Waals surface area (Å²) in [5, 5.41) is 0. The molecule has 0 aliphatic heterocycles. The summed E-state index contributed by atoms with van der Waals surface area (Å²) in [6.45, 7) is 9.43. The average molecular weight is 194 g/mol. The van der Waals surface area contributed by atoms with Crippen LogP contribution in [0.3, 0.4) is 0 Å². The SMILES string of the molecule is CCCC1CC(C)=CCCC1C(C)C. The van der Waals surface area contributed by atoms with E-state index in [4.69, 9.17) is 0 Å². The Balaban J connectivity index is 2.64. The molecule has 0 amide bonds. The molecule has 1 aliphatic rings. The molecule has 0 radical (unpaired) electrons. The number of hydrogen-bond donors (Lipinski definition) is 0. The highest BCUT2D eigenvalue weighted by Gasteiger charge is 2.25. The Bertz CT molecular complexity index is 188. The highest BCUT2D eigenvalue weighted by Crippen LogP contribution is 2.36. The summed E-state index contributed by atoms with van der Waals surface area (Å²) in [7, 11) is 0. The first-order chi connectivity index (χ1) is 6.65. The van der Waals surface area contributed by atoms with E-state index in [1.807, 2.05) is 0 Å². The lowest BCUT2D eigenvalue weighted by Crippen LogP contribution is -2.19. The van der Waals surface area contributed by atoms with Crippen LogP contribution < -0.4 is 0 Å². The predicted octanol–water partition coefficient (Wildman–Crippen LogP) is 4.81. The van der Waals surface area contributed by atoms with Crippen molar-refractivity contribution in [1.82, 2.24) is 0 Å². The summed E-state index contributed by atoms with van der Waals surface area (Å²) >= 11 is 0. The molecule has 2 unspecified atom stereocenters. The number of hydrogen-bond acceptors (Lipinski definition) is 0. The van der Waals surface area contributed by atoms with Gasteiger partial charge in [0.25, 0.3) is 0 Å². The van der Waals surface area contributed by atoms with Crippen molar-refractivity contribution in [1.29, 1.82) is 0 Å². The third-order valence-corrected chi connectivity index (χ3v) is 3.70. The van der Waals surface area contributed by atoms with Crippen LogP contribution >= 0.6 is 0 Å². The van der Waals surface area contributed by atoms with Gasteiger partial charge in [-0.15, -0.1) is 0 Å². The predicted molar refractivity (Wildman–Crippen MR) is 64.3 cm³/mol. The quantitative estimate of drug-likeness (QED) is 0.566. The lowest BCUT2D eigenvalue weighted by molar-refractivity contribution is 0.228. The van der Waals surface area contributed by atoms with Crippen LogP contribution in [0.25, 0.3) is 0 Å². The van der Waals surface area contributed by atoms with Crippen LogP contribution in [0, 0.1) is 17.8 Å². The topological polar surface area (TPSA) is 0 Å². The van der Waals surface area contributed by atoms with Crippen LogP contribution in [0.5, 0.6) is 0 Å². The molecule has 0 bridgehead atoms. The molecular formula is C14H26. The summed E-state index contributed by atoms with van der Waals surface area (Å²) < 4.78 is 0. The summed E-state index contributed by atoms with van der Waals surface area (Å²) in [6, 6.07) is 0. The fourth-order valence-electron chi connectivity index (χ4n) is 2.97. The second-order valence-electron chi connectivity index (χ2n) is 5.29. The highest BCUT2D eigenvalue weighted by molar-refractivity contribution is 5.03. The minimum atomic E-state index is 0.867. The lowest BCUT2D eigenvalue weighted by atomic mass is 9.77. The minimum Gasteiger partial charge on any atom is -0.0856 e. The van der Waals surface area contributed by atoms with Gasteiger partial charge in [-0.3, -0.25) is 0 Å². The van der Waals surface area contributed by atoms with Gasteiger partial charge in [0, 0.05) is 0 Å². The fraction of sp³-hybridized carbons (Fsp3) is 0.857. The normalized spacial score (nSPS) is 28.8. The van der Waals surface area contributed by atoms with Gasteiger partial charge in [-0.05, 0) is 43.9 Å². The Morgan fingerprint density at radius 2 is 2.14 bits per heavy atom. The fourth-order valence-corrected chi connectivity index (χ4v) is 2.97. The van der Waals surface area contributed by atoms with Crippen LogP contribution in [0.15, 0.2) is 11.6 Å². The van der Waals surface area contributed by atoms with Crippen molar-refractivity contribution >= 4 is 0 Å². The Morgan fingerprint density at radius 3 is 2.71 bits per heavy atom. The van der Waals surface area contributed by atoms with Gasteiger partial charge in [-0.1, -0.05) is 45.3 Å². The highest BCUT2D eigenvalue weighted by atomic mass is 14.3. The van der Waals surface area contributed by atoms with Crippen molar-refractivity contribution < 1.29 is 0 Å². The molecule has 82 valence electrons. The molecule has 1 aliphatic carbocycles. The molecule has 0 heterocycles. The average Bonchev–Trinajstić information content (AvgIpc) is 2.27. The van der Waals surface area contributed by atoms with E-state index in [9.17, 15) is 0 Å². The lowest BCUT2D eigenvalue weighted by Gasteiger charge is -2.28. The van der Waals surface area contributed by atoms with Gasteiger partial charge in [0.1, 0.15) is 0 Å². The van der Waals surface area contributed by atoms with Crippen LogP contribution in [0.4, 0.5) is 0 Å². The maximum atomic E-state index is 2.46. The summed E-state index contributed by atoms with van der Waals surface area (Å²) in [6.07, 6.45) is 9.32. The van der Waals surface area contributed by atoms with E-state index in [-0.39, 0.29) is 0 Å². The number of allylic oxidation sites excluding steroid dienone is 2. The third kappa shape index (κ3) is 3.15. The zero-order valence-electron chi connectivity index (χ0n) is 10.3. The third-order valence-electron chi connectivity index (χ3n) is 3.70.